The summed E-state index contributed by atoms with van der Waals surface area (Å²) < 4.78 is 5.54. The van der Waals surface area contributed by atoms with Gasteiger partial charge in [-0.05, 0) is 50.3 Å². The van der Waals surface area contributed by atoms with Gasteiger partial charge in [0.15, 0.2) is 0 Å². The van der Waals surface area contributed by atoms with Crippen molar-refractivity contribution in [2.45, 2.75) is 51.5 Å². The first-order chi connectivity index (χ1) is 15.7. The molecular weight excluding hydrogens is 402 g/mol. The van der Waals surface area contributed by atoms with Crippen molar-refractivity contribution < 1.29 is 9.32 Å². The van der Waals surface area contributed by atoms with Gasteiger partial charge in [-0.15, -0.1) is 0 Å². The van der Waals surface area contributed by atoms with Crippen molar-refractivity contribution in [2.75, 3.05) is 18.0 Å². The molecule has 1 aromatic carbocycles. The predicted molar refractivity (Wildman–Crippen MR) is 122 cm³/mol. The zero-order valence-corrected chi connectivity index (χ0v) is 18.5. The highest BCUT2D eigenvalue weighted by Crippen LogP contribution is 2.37. The van der Waals surface area contributed by atoms with Gasteiger partial charge in [-0.25, -0.2) is 4.98 Å². The van der Waals surface area contributed by atoms with Crippen LogP contribution in [0.1, 0.15) is 55.0 Å². The largest absolute Gasteiger partial charge is 0.355 e. The van der Waals surface area contributed by atoms with Gasteiger partial charge in [0, 0.05) is 31.7 Å². The molecule has 7 nitrogen and oxygen atoms in total. The first-order valence-electron chi connectivity index (χ1n) is 11.5. The van der Waals surface area contributed by atoms with Gasteiger partial charge >= 0.3 is 0 Å². The number of carbonyl (C=O) groups is 1. The van der Waals surface area contributed by atoms with Crippen molar-refractivity contribution in [3.63, 3.8) is 0 Å². The van der Waals surface area contributed by atoms with E-state index in [0.29, 0.717) is 24.8 Å². The summed E-state index contributed by atoms with van der Waals surface area (Å²) in [6.07, 6.45) is 7.07. The van der Waals surface area contributed by atoms with Crippen LogP contribution in [0.25, 0.3) is 11.4 Å². The van der Waals surface area contributed by atoms with E-state index in [4.69, 9.17) is 4.52 Å². The Hall–Kier alpha value is -3.22. The number of amides is 1. The van der Waals surface area contributed by atoms with E-state index < -0.39 is 0 Å². The Bertz CT molecular complexity index is 1090. The summed E-state index contributed by atoms with van der Waals surface area (Å²) in [5, 5.41) is 7.35. The molecule has 0 bridgehead atoms. The van der Waals surface area contributed by atoms with Gasteiger partial charge in [0.05, 0.1) is 11.5 Å². The van der Waals surface area contributed by atoms with Crippen LogP contribution in [0.2, 0.25) is 0 Å². The molecule has 1 atom stereocenters. The number of nitrogens with zero attached hydrogens (tertiary/aromatic N) is 4. The number of carbonyl (C=O) groups excluding carboxylic acids is 1. The summed E-state index contributed by atoms with van der Waals surface area (Å²) >= 11 is 0. The van der Waals surface area contributed by atoms with Crippen LogP contribution in [-0.4, -0.2) is 34.1 Å². The number of aromatic nitrogens is 3. The van der Waals surface area contributed by atoms with E-state index in [1.54, 1.807) is 6.20 Å². The standard InChI is InChI=1S/C25H29N5O2/c1-17-6-2-7-18(14-17)15-27-24(31)20-10-5-13-30(16-20)23-21(11-4-12-26-23)22-28-25(32-29-22)19-8-3-9-19/h2,4,6-7,11-12,14,19-20H,3,5,8-10,13,15-16H2,1H3,(H,27,31)/t20-/m0/s1. The van der Waals surface area contributed by atoms with Crippen molar-refractivity contribution in [1.82, 2.24) is 20.4 Å². The number of benzene rings is 1. The summed E-state index contributed by atoms with van der Waals surface area (Å²) in [6.45, 7) is 4.11. The molecule has 2 aliphatic rings. The molecule has 2 aromatic heterocycles. The lowest BCUT2D eigenvalue weighted by Crippen LogP contribution is -2.43. The number of anilines is 1. The average molecular weight is 432 g/mol. The minimum atomic E-state index is -0.0702. The van der Waals surface area contributed by atoms with Crippen LogP contribution >= 0.6 is 0 Å². The molecule has 3 heterocycles. The molecular formula is C25H29N5O2. The maximum atomic E-state index is 12.9. The van der Waals surface area contributed by atoms with Gasteiger partial charge in [-0.2, -0.15) is 4.98 Å². The van der Waals surface area contributed by atoms with Gasteiger partial charge in [-0.1, -0.05) is 41.4 Å². The second kappa shape index (κ2) is 9.10. The van der Waals surface area contributed by atoms with Crippen LogP contribution in [0.4, 0.5) is 5.82 Å². The number of hydrogen-bond acceptors (Lipinski definition) is 6. The van der Waals surface area contributed by atoms with Crippen molar-refractivity contribution in [1.29, 1.82) is 0 Å². The minimum Gasteiger partial charge on any atom is -0.355 e. The lowest BCUT2D eigenvalue weighted by Gasteiger charge is -2.33. The van der Waals surface area contributed by atoms with E-state index in [9.17, 15) is 4.79 Å². The van der Waals surface area contributed by atoms with Gasteiger partial charge < -0.3 is 14.7 Å². The Morgan fingerprint density at radius 2 is 2.09 bits per heavy atom. The summed E-state index contributed by atoms with van der Waals surface area (Å²) in [5.74, 6) is 2.56. The summed E-state index contributed by atoms with van der Waals surface area (Å²) in [6, 6.07) is 12.1. The average Bonchev–Trinajstić information content (AvgIpc) is 3.26. The first kappa shape index (κ1) is 20.7. The molecule has 0 spiro atoms. The molecule has 2 fully saturated rings. The van der Waals surface area contributed by atoms with Gasteiger partial charge in [-0.3, -0.25) is 4.79 Å². The third-order valence-corrected chi connectivity index (χ3v) is 6.56. The Kier molecular flexibility index (Phi) is 5.88. The van der Waals surface area contributed by atoms with Crippen molar-refractivity contribution >= 4 is 11.7 Å². The van der Waals surface area contributed by atoms with Gasteiger partial charge in [0.2, 0.25) is 17.6 Å². The maximum Gasteiger partial charge on any atom is 0.230 e. The number of rotatable bonds is 6. The third kappa shape index (κ3) is 4.38. The lowest BCUT2D eigenvalue weighted by atomic mass is 9.85. The zero-order chi connectivity index (χ0) is 21.9. The van der Waals surface area contributed by atoms with Crippen LogP contribution in [-0.2, 0) is 11.3 Å². The fourth-order valence-corrected chi connectivity index (χ4v) is 4.53. The molecule has 7 heteroatoms. The normalized spacial score (nSPS) is 18.9. The van der Waals surface area contributed by atoms with E-state index >= 15 is 0 Å². The van der Waals surface area contributed by atoms with Crippen LogP contribution < -0.4 is 10.2 Å². The van der Waals surface area contributed by atoms with Crippen LogP contribution in [0.3, 0.4) is 0 Å². The summed E-state index contributed by atoms with van der Waals surface area (Å²) in [5.41, 5.74) is 3.19. The molecule has 32 heavy (non-hydrogen) atoms. The number of hydrogen-bond donors (Lipinski definition) is 1. The van der Waals surface area contributed by atoms with Crippen LogP contribution in [0.15, 0.2) is 47.1 Å². The summed E-state index contributed by atoms with van der Waals surface area (Å²) in [7, 11) is 0. The number of piperidine rings is 1. The Balaban J connectivity index is 1.28. The number of aryl methyl sites for hydroxylation is 1. The smallest absolute Gasteiger partial charge is 0.230 e. The van der Waals surface area contributed by atoms with E-state index in [-0.39, 0.29) is 11.8 Å². The Labute approximate surface area is 188 Å². The second-order valence-corrected chi connectivity index (χ2v) is 8.95. The third-order valence-electron chi connectivity index (χ3n) is 6.56. The fraction of sp³-hybridized carbons (Fsp3) is 0.440. The molecule has 1 aliphatic carbocycles. The molecule has 1 amide bonds. The summed E-state index contributed by atoms with van der Waals surface area (Å²) in [4.78, 5) is 24.4. The number of pyridine rings is 1. The molecule has 0 unspecified atom stereocenters. The highest BCUT2D eigenvalue weighted by Gasteiger charge is 2.30. The molecule has 1 saturated carbocycles. The first-order valence-corrected chi connectivity index (χ1v) is 11.5. The lowest BCUT2D eigenvalue weighted by molar-refractivity contribution is -0.125. The Morgan fingerprint density at radius 3 is 2.91 bits per heavy atom. The van der Waals surface area contributed by atoms with E-state index in [1.165, 1.54) is 12.0 Å². The van der Waals surface area contributed by atoms with E-state index in [1.807, 2.05) is 24.3 Å². The fourth-order valence-electron chi connectivity index (χ4n) is 4.53. The molecule has 1 aliphatic heterocycles. The van der Waals surface area contributed by atoms with Crippen molar-refractivity contribution in [3.8, 4) is 11.4 Å². The van der Waals surface area contributed by atoms with Gasteiger partial charge in [0.1, 0.15) is 5.82 Å². The maximum absolute atomic E-state index is 12.9. The molecule has 5 rings (SSSR count). The highest BCUT2D eigenvalue weighted by molar-refractivity contribution is 5.80. The Morgan fingerprint density at radius 1 is 1.19 bits per heavy atom. The zero-order valence-electron chi connectivity index (χ0n) is 18.5. The quantitative estimate of drug-likeness (QED) is 0.628. The molecule has 1 N–H and O–H groups in total. The molecule has 1 saturated heterocycles. The van der Waals surface area contributed by atoms with Gasteiger partial charge in [0.25, 0.3) is 0 Å². The SMILES string of the molecule is Cc1cccc(CNC(=O)[C@H]2CCCN(c3ncccc3-c3noc(C4CCC4)n3)C2)c1. The topological polar surface area (TPSA) is 84.2 Å². The predicted octanol–water partition coefficient (Wildman–Crippen LogP) is 4.24. The second-order valence-electron chi connectivity index (χ2n) is 8.95. The van der Waals surface area contributed by atoms with Crippen molar-refractivity contribution in [3.05, 3.63) is 59.6 Å². The van der Waals surface area contributed by atoms with Crippen LogP contribution in [0.5, 0.6) is 0 Å². The molecule has 166 valence electrons. The minimum absolute atomic E-state index is 0.0702. The van der Waals surface area contributed by atoms with Crippen molar-refractivity contribution in [2.24, 2.45) is 5.92 Å². The van der Waals surface area contributed by atoms with E-state index in [0.717, 1.165) is 55.1 Å². The molecule has 3 aromatic rings. The molecule has 0 radical (unpaired) electrons. The van der Waals surface area contributed by atoms with E-state index in [2.05, 4.69) is 44.4 Å². The highest BCUT2D eigenvalue weighted by atomic mass is 16.5. The monoisotopic (exact) mass is 431 g/mol. The number of nitrogens with one attached hydrogen (secondary N) is 1. The van der Waals surface area contributed by atoms with Crippen LogP contribution in [0, 0.1) is 12.8 Å².